The van der Waals surface area contributed by atoms with Crippen LogP contribution in [0.4, 0.5) is 4.79 Å². The number of carboxylic acids is 1. The number of ketones is 1. The van der Waals surface area contributed by atoms with Crippen LogP contribution >= 0.6 is 0 Å². The SMILES string of the molecule is COCCNC(=O)NCC(=O)CCC(=O)O. The first-order valence-corrected chi connectivity index (χ1v) is 4.80. The molecule has 0 bridgehead atoms. The summed E-state index contributed by atoms with van der Waals surface area (Å²) in [6, 6.07) is -0.472. The Morgan fingerprint density at radius 3 is 2.44 bits per heavy atom. The van der Waals surface area contributed by atoms with Crippen LogP contribution in [0.15, 0.2) is 0 Å². The third-order valence-electron chi connectivity index (χ3n) is 1.66. The largest absolute Gasteiger partial charge is 0.481 e. The van der Waals surface area contributed by atoms with Crippen LogP contribution in [0.2, 0.25) is 0 Å². The zero-order valence-corrected chi connectivity index (χ0v) is 9.12. The van der Waals surface area contributed by atoms with Crippen LogP contribution in [0.25, 0.3) is 0 Å². The number of ether oxygens (including phenoxy) is 1. The summed E-state index contributed by atoms with van der Waals surface area (Å²) in [5.74, 6) is -1.35. The van der Waals surface area contributed by atoms with Crippen molar-refractivity contribution in [3.63, 3.8) is 0 Å². The second-order valence-corrected chi connectivity index (χ2v) is 3.03. The molecule has 0 fully saturated rings. The van der Waals surface area contributed by atoms with E-state index in [0.717, 1.165) is 0 Å². The minimum atomic E-state index is -1.03. The van der Waals surface area contributed by atoms with Gasteiger partial charge in [-0.15, -0.1) is 0 Å². The summed E-state index contributed by atoms with van der Waals surface area (Å²) in [7, 11) is 1.51. The van der Waals surface area contributed by atoms with Crippen LogP contribution in [0.3, 0.4) is 0 Å². The molecule has 0 heterocycles. The Morgan fingerprint density at radius 2 is 1.88 bits per heavy atom. The number of urea groups is 1. The van der Waals surface area contributed by atoms with Gasteiger partial charge in [-0.1, -0.05) is 0 Å². The number of methoxy groups -OCH3 is 1. The van der Waals surface area contributed by atoms with Crippen molar-refractivity contribution in [2.24, 2.45) is 0 Å². The summed E-state index contributed by atoms with van der Waals surface area (Å²) in [5.41, 5.74) is 0. The average Bonchev–Trinajstić information content (AvgIpc) is 2.24. The van der Waals surface area contributed by atoms with Gasteiger partial charge in [0.05, 0.1) is 19.6 Å². The number of hydrogen-bond acceptors (Lipinski definition) is 4. The zero-order chi connectivity index (χ0) is 12.4. The first-order valence-electron chi connectivity index (χ1n) is 4.80. The van der Waals surface area contributed by atoms with Gasteiger partial charge in [-0.05, 0) is 0 Å². The van der Waals surface area contributed by atoms with Gasteiger partial charge in [-0.25, -0.2) is 4.79 Å². The lowest BCUT2D eigenvalue weighted by atomic mass is 10.2. The second kappa shape index (κ2) is 8.66. The predicted molar refractivity (Wildman–Crippen MR) is 55.2 cm³/mol. The van der Waals surface area contributed by atoms with Gasteiger partial charge >= 0.3 is 12.0 Å². The number of rotatable bonds is 8. The first-order chi connectivity index (χ1) is 7.56. The molecule has 0 radical (unpaired) electrons. The molecular weight excluding hydrogens is 216 g/mol. The Morgan fingerprint density at radius 1 is 1.19 bits per heavy atom. The zero-order valence-electron chi connectivity index (χ0n) is 9.12. The summed E-state index contributed by atoms with van der Waals surface area (Å²) in [5, 5.41) is 13.1. The van der Waals surface area contributed by atoms with E-state index in [0.29, 0.717) is 13.2 Å². The van der Waals surface area contributed by atoms with Crippen LogP contribution in [0.5, 0.6) is 0 Å². The van der Waals surface area contributed by atoms with Crippen LogP contribution in [-0.2, 0) is 14.3 Å². The monoisotopic (exact) mass is 232 g/mol. The summed E-state index contributed by atoms with van der Waals surface area (Å²) < 4.78 is 4.71. The molecule has 0 unspecified atom stereocenters. The second-order valence-electron chi connectivity index (χ2n) is 3.03. The van der Waals surface area contributed by atoms with Crippen molar-refractivity contribution < 1.29 is 24.2 Å². The summed E-state index contributed by atoms with van der Waals surface area (Å²) in [6.45, 7) is 0.581. The Kier molecular flexibility index (Phi) is 7.78. The molecule has 7 nitrogen and oxygen atoms in total. The molecule has 0 aromatic carbocycles. The molecule has 16 heavy (non-hydrogen) atoms. The molecule has 0 atom stereocenters. The molecule has 0 aromatic heterocycles. The molecule has 2 amide bonds. The number of amides is 2. The number of carbonyl (C=O) groups is 3. The lowest BCUT2D eigenvalue weighted by molar-refractivity contribution is -0.138. The molecular formula is C9H16N2O5. The van der Waals surface area contributed by atoms with E-state index in [1.807, 2.05) is 0 Å². The number of carbonyl (C=O) groups excluding carboxylic acids is 2. The molecule has 0 aliphatic rings. The van der Waals surface area contributed by atoms with Crippen molar-refractivity contribution >= 4 is 17.8 Å². The van der Waals surface area contributed by atoms with Crippen molar-refractivity contribution in [2.45, 2.75) is 12.8 Å². The van der Waals surface area contributed by atoms with Gasteiger partial charge in [-0.3, -0.25) is 9.59 Å². The highest BCUT2D eigenvalue weighted by atomic mass is 16.5. The van der Waals surface area contributed by atoms with Gasteiger partial charge in [0.2, 0.25) is 0 Å². The average molecular weight is 232 g/mol. The third-order valence-corrected chi connectivity index (χ3v) is 1.66. The minimum absolute atomic E-state index is 0.0757. The highest BCUT2D eigenvalue weighted by Gasteiger charge is 2.07. The number of Topliss-reactive ketones (excluding diaryl/α,β-unsaturated/α-hetero) is 1. The molecule has 0 aliphatic carbocycles. The lowest BCUT2D eigenvalue weighted by Gasteiger charge is -2.05. The maximum Gasteiger partial charge on any atom is 0.315 e. The van der Waals surface area contributed by atoms with E-state index in [9.17, 15) is 14.4 Å². The van der Waals surface area contributed by atoms with Crippen molar-refractivity contribution in [2.75, 3.05) is 26.8 Å². The third kappa shape index (κ3) is 8.95. The Hall–Kier alpha value is -1.63. The van der Waals surface area contributed by atoms with Crippen molar-refractivity contribution in [1.29, 1.82) is 0 Å². The number of aliphatic carboxylic acids is 1. The molecule has 3 N–H and O–H groups in total. The van der Waals surface area contributed by atoms with Gasteiger partial charge in [0.25, 0.3) is 0 Å². The van der Waals surface area contributed by atoms with E-state index < -0.39 is 12.0 Å². The maximum absolute atomic E-state index is 11.1. The molecule has 92 valence electrons. The normalized spacial score (nSPS) is 9.56. The Labute approximate surface area is 93.2 Å². The quantitative estimate of drug-likeness (QED) is 0.483. The van der Waals surface area contributed by atoms with Crippen LogP contribution in [-0.4, -0.2) is 49.7 Å². The molecule has 0 rings (SSSR count). The smallest absolute Gasteiger partial charge is 0.315 e. The molecule has 0 saturated carbocycles. The summed E-state index contributed by atoms with van der Waals surface area (Å²) >= 11 is 0. The Bertz CT molecular complexity index is 254. The lowest BCUT2D eigenvalue weighted by Crippen LogP contribution is -2.39. The van der Waals surface area contributed by atoms with E-state index in [2.05, 4.69) is 10.6 Å². The van der Waals surface area contributed by atoms with E-state index in [4.69, 9.17) is 9.84 Å². The van der Waals surface area contributed by atoms with Gasteiger partial charge in [-0.2, -0.15) is 0 Å². The molecule has 7 heteroatoms. The number of carboxylic acid groups (broad SMARTS) is 1. The molecule has 0 aromatic rings. The molecule has 0 saturated heterocycles. The van der Waals surface area contributed by atoms with Gasteiger partial charge < -0.3 is 20.5 Å². The Balaban J connectivity index is 3.51. The fourth-order valence-electron chi connectivity index (χ4n) is 0.843. The first kappa shape index (κ1) is 14.4. The highest BCUT2D eigenvalue weighted by Crippen LogP contribution is 1.89. The van der Waals surface area contributed by atoms with Crippen LogP contribution in [0.1, 0.15) is 12.8 Å². The van der Waals surface area contributed by atoms with Gasteiger partial charge in [0, 0.05) is 20.1 Å². The van der Waals surface area contributed by atoms with Crippen molar-refractivity contribution in [3.8, 4) is 0 Å². The van der Waals surface area contributed by atoms with Crippen molar-refractivity contribution in [1.82, 2.24) is 10.6 Å². The number of nitrogens with one attached hydrogen (secondary N) is 2. The molecule has 0 aliphatic heterocycles. The van der Waals surface area contributed by atoms with E-state index in [1.165, 1.54) is 7.11 Å². The summed E-state index contributed by atoms with van der Waals surface area (Å²) in [6.07, 6.45) is -0.292. The van der Waals surface area contributed by atoms with Crippen LogP contribution < -0.4 is 10.6 Å². The van der Waals surface area contributed by atoms with E-state index >= 15 is 0 Å². The molecule has 0 spiro atoms. The van der Waals surface area contributed by atoms with Crippen LogP contribution in [0, 0.1) is 0 Å². The summed E-state index contributed by atoms with van der Waals surface area (Å²) in [4.78, 5) is 32.2. The van der Waals surface area contributed by atoms with E-state index in [-0.39, 0.29) is 25.2 Å². The number of hydrogen-bond donors (Lipinski definition) is 3. The fraction of sp³-hybridized carbons (Fsp3) is 0.667. The minimum Gasteiger partial charge on any atom is -0.481 e. The van der Waals surface area contributed by atoms with E-state index in [1.54, 1.807) is 0 Å². The van der Waals surface area contributed by atoms with Gasteiger partial charge in [0.1, 0.15) is 0 Å². The predicted octanol–water partition coefficient (Wildman–Crippen LogP) is -0.634. The van der Waals surface area contributed by atoms with Crippen molar-refractivity contribution in [3.05, 3.63) is 0 Å². The highest BCUT2D eigenvalue weighted by molar-refractivity contribution is 5.87. The maximum atomic E-state index is 11.1. The fourth-order valence-corrected chi connectivity index (χ4v) is 0.843. The standard InChI is InChI=1S/C9H16N2O5/c1-16-5-4-10-9(15)11-6-7(12)2-3-8(13)14/h2-6H2,1H3,(H,13,14)(H2,10,11,15). The van der Waals surface area contributed by atoms with Gasteiger partial charge in [0.15, 0.2) is 5.78 Å². The topological polar surface area (TPSA) is 105 Å².